The number of halogens is 1. The predicted molar refractivity (Wildman–Crippen MR) is 64.5 cm³/mol. The van der Waals surface area contributed by atoms with Gasteiger partial charge in [-0.25, -0.2) is 8.42 Å². The Morgan fingerprint density at radius 1 is 1.53 bits per heavy atom. The second-order valence-electron chi connectivity index (χ2n) is 3.97. The zero-order chi connectivity index (χ0) is 12.6. The number of carbonyl (C=O) groups excluding carboxylic acids is 1. The molecule has 1 aliphatic heterocycles. The second-order valence-corrected chi connectivity index (χ2v) is 6.88. The second kappa shape index (κ2) is 4.27. The summed E-state index contributed by atoms with van der Waals surface area (Å²) in [6.45, 7) is 1.92. The molecular weight excluding hydrogens is 264 g/mol. The molecule has 1 unspecified atom stereocenters. The van der Waals surface area contributed by atoms with Crippen LogP contribution in [0.1, 0.15) is 12.0 Å². The summed E-state index contributed by atoms with van der Waals surface area (Å²) in [7, 11) is 1.58. The number of carbonyl (C=O) groups is 1. The summed E-state index contributed by atoms with van der Waals surface area (Å²) in [5, 5.41) is -0.829. The van der Waals surface area contributed by atoms with Crippen molar-refractivity contribution in [3.63, 3.8) is 0 Å². The van der Waals surface area contributed by atoms with E-state index >= 15 is 0 Å². The molecule has 1 saturated heterocycles. The topological polar surface area (TPSA) is 67.3 Å². The van der Waals surface area contributed by atoms with Crippen LogP contribution in [-0.2, 0) is 13.8 Å². The monoisotopic (exact) mass is 274 g/mol. The first-order valence-corrected chi connectivity index (χ1v) is 7.41. The molecule has 1 aromatic heterocycles. The molecule has 17 heavy (non-hydrogen) atoms. The molecule has 2 rings (SSSR count). The van der Waals surface area contributed by atoms with E-state index in [2.05, 4.69) is 4.98 Å². The van der Waals surface area contributed by atoms with Crippen molar-refractivity contribution in [1.82, 2.24) is 4.98 Å². The Kier molecular flexibility index (Phi) is 3.09. The van der Waals surface area contributed by atoms with Gasteiger partial charge in [0.15, 0.2) is 0 Å². The van der Waals surface area contributed by atoms with Crippen molar-refractivity contribution in [3.05, 3.63) is 24.0 Å². The first-order chi connectivity index (χ1) is 7.89. The van der Waals surface area contributed by atoms with Crippen molar-refractivity contribution >= 4 is 31.3 Å². The fourth-order valence-corrected chi connectivity index (χ4v) is 2.89. The van der Waals surface area contributed by atoms with Crippen LogP contribution in [0.2, 0.25) is 0 Å². The Bertz CT molecular complexity index is 558. The van der Waals surface area contributed by atoms with Gasteiger partial charge < -0.3 is 4.90 Å². The lowest BCUT2D eigenvalue weighted by atomic mass is 10.2. The number of hydrogen-bond acceptors (Lipinski definition) is 4. The van der Waals surface area contributed by atoms with Crippen LogP contribution in [0.3, 0.4) is 0 Å². The summed E-state index contributed by atoms with van der Waals surface area (Å²) >= 11 is 0. The lowest BCUT2D eigenvalue weighted by Gasteiger charge is -2.17. The van der Waals surface area contributed by atoms with Crippen molar-refractivity contribution in [2.75, 3.05) is 11.4 Å². The molecule has 1 fully saturated rings. The van der Waals surface area contributed by atoms with Crippen molar-refractivity contribution in [2.45, 2.75) is 18.6 Å². The highest BCUT2D eigenvalue weighted by atomic mass is 35.7. The molecule has 0 spiro atoms. The van der Waals surface area contributed by atoms with E-state index in [1.54, 1.807) is 18.5 Å². The lowest BCUT2D eigenvalue weighted by Crippen LogP contribution is -2.27. The minimum atomic E-state index is -3.70. The number of rotatable bonds is 2. The highest BCUT2D eigenvalue weighted by molar-refractivity contribution is 8.14. The van der Waals surface area contributed by atoms with Gasteiger partial charge in [0, 0.05) is 41.7 Å². The van der Waals surface area contributed by atoms with E-state index in [9.17, 15) is 13.2 Å². The van der Waals surface area contributed by atoms with Gasteiger partial charge in [0.1, 0.15) is 5.25 Å². The molecule has 0 radical (unpaired) electrons. The van der Waals surface area contributed by atoms with Crippen molar-refractivity contribution in [1.29, 1.82) is 0 Å². The fraction of sp³-hybridized carbons (Fsp3) is 0.400. The third-order valence-electron chi connectivity index (χ3n) is 2.77. The van der Waals surface area contributed by atoms with Gasteiger partial charge in [-0.1, -0.05) is 0 Å². The van der Waals surface area contributed by atoms with E-state index in [0.29, 0.717) is 5.69 Å². The number of amides is 1. The smallest absolute Gasteiger partial charge is 0.237 e. The number of hydrogen-bond donors (Lipinski definition) is 0. The average molecular weight is 275 g/mol. The van der Waals surface area contributed by atoms with Crippen LogP contribution in [0.5, 0.6) is 0 Å². The summed E-state index contributed by atoms with van der Waals surface area (Å²) in [6.07, 6.45) is 3.14. The molecule has 1 atom stereocenters. The third kappa shape index (κ3) is 2.42. The van der Waals surface area contributed by atoms with Crippen LogP contribution in [0, 0.1) is 6.92 Å². The molecule has 1 amide bonds. The molecule has 0 bridgehead atoms. The summed E-state index contributed by atoms with van der Waals surface area (Å²) in [4.78, 5) is 17.1. The maximum Gasteiger partial charge on any atom is 0.237 e. The predicted octanol–water partition coefficient (Wildman–Crippen LogP) is 1.06. The average Bonchev–Trinajstić information content (AvgIpc) is 2.61. The number of nitrogens with zero attached hydrogens (tertiary/aromatic N) is 2. The Morgan fingerprint density at radius 3 is 2.76 bits per heavy atom. The van der Waals surface area contributed by atoms with Gasteiger partial charge >= 0.3 is 0 Å². The largest absolute Gasteiger partial charge is 0.311 e. The van der Waals surface area contributed by atoms with Gasteiger partial charge in [-0.2, -0.15) is 0 Å². The Morgan fingerprint density at radius 2 is 2.24 bits per heavy atom. The molecule has 0 aliphatic carbocycles. The molecule has 92 valence electrons. The van der Waals surface area contributed by atoms with Gasteiger partial charge in [0.25, 0.3) is 0 Å². The first kappa shape index (κ1) is 12.3. The molecule has 0 N–H and O–H groups in total. The van der Waals surface area contributed by atoms with Crippen LogP contribution < -0.4 is 4.90 Å². The van der Waals surface area contributed by atoms with Crippen molar-refractivity contribution in [2.24, 2.45) is 0 Å². The zero-order valence-corrected chi connectivity index (χ0v) is 10.7. The molecular formula is C10H11ClN2O3S. The Hall–Kier alpha value is -1.14. The maximum atomic E-state index is 11.8. The number of aromatic nitrogens is 1. The van der Waals surface area contributed by atoms with Crippen LogP contribution in [0.25, 0.3) is 0 Å². The van der Waals surface area contributed by atoms with Crippen molar-refractivity contribution < 1.29 is 13.2 Å². The minimum absolute atomic E-state index is 0.0619. The van der Waals surface area contributed by atoms with Crippen molar-refractivity contribution in [3.8, 4) is 0 Å². The lowest BCUT2D eigenvalue weighted by molar-refractivity contribution is -0.117. The summed E-state index contributed by atoms with van der Waals surface area (Å²) in [5.74, 6) is -0.228. The van der Waals surface area contributed by atoms with E-state index in [1.807, 2.05) is 6.92 Å². The number of anilines is 1. The van der Waals surface area contributed by atoms with Gasteiger partial charge in [-0.05, 0) is 18.6 Å². The van der Waals surface area contributed by atoms with E-state index < -0.39 is 14.3 Å². The van der Waals surface area contributed by atoms with Gasteiger partial charge in [-0.3, -0.25) is 9.78 Å². The van der Waals surface area contributed by atoms with E-state index in [1.165, 1.54) is 4.90 Å². The van der Waals surface area contributed by atoms with Crippen LogP contribution in [-0.4, -0.2) is 31.1 Å². The highest BCUT2D eigenvalue weighted by Crippen LogP contribution is 2.28. The summed E-state index contributed by atoms with van der Waals surface area (Å²) in [6, 6.07) is 1.69. The molecule has 2 heterocycles. The summed E-state index contributed by atoms with van der Waals surface area (Å²) < 4.78 is 22.4. The molecule has 7 heteroatoms. The molecule has 0 saturated carbocycles. The van der Waals surface area contributed by atoms with Gasteiger partial charge in [0.2, 0.25) is 15.0 Å². The van der Waals surface area contributed by atoms with E-state index in [-0.39, 0.29) is 18.9 Å². The molecule has 0 aromatic carbocycles. The highest BCUT2D eigenvalue weighted by Gasteiger charge is 2.38. The Labute approximate surface area is 104 Å². The quantitative estimate of drug-likeness (QED) is 0.757. The van der Waals surface area contributed by atoms with Crippen LogP contribution in [0.15, 0.2) is 18.5 Å². The third-order valence-corrected chi connectivity index (χ3v) is 4.64. The number of aryl methyl sites for hydroxylation is 1. The summed E-state index contributed by atoms with van der Waals surface area (Å²) in [5.41, 5.74) is 1.52. The molecule has 5 nitrogen and oxygen atoms in total. The van der Waals surface area contributed by atoms with Gasteiger partial charge in [0.05, 0.1) is 0 Å². The number of pyridine rings is 1. The minimum Gasteiger partial charge on any atom is -0.311 e. The van der Waals surface area contributed by atoms with Crippen LogP contribution >= 0.6 is 10.7 Å². The molecule has 1 aliphatic rings. The SMILES string of the molecule is Cc1cnccc1N1CC(S(=O)(=O)Cl)CC1=O. The zero-order valence-electron chi connectivity index (χ0n) is 9.13. The standard InChI is InChI=1S/C10H11ClN2O3S/c1-7-5-12-3-2-9(7)13-6-8(4-10(13)14)17(11,15)16/h2-3,5,8H,4,6H2,1H3. The first-order valence-electron chi connectivity index (χ1n) is 5.04. The van der Waals surface area contributed by atoms with E-state index in [0.717, 1.165) is 5.56 Å². The maximum absolute atomic E-state index is 11.8. The Balaban J connectivity index is 2.31. The normalized spacial score (nSPS) is 20.9. The molecule has 1 aromatic rings. The fourth-order valence-electron chi connectivity index (χ4n) is 1.87. The van der Waals surface area contributed by atoms with E-state index in [4.69, 9.17) is 10.7 Å². The van der Waals surface area contributed by atoms with Gasteiger partial charge in [-0.15, -0.1) is 0 Å². The van der Waals surface area contributed by atoms with Crippen LogP contribution in [0.4, 0.5) is 5.69 Å².